The standard InChI is InChI=1S/C14H16F3N3/c15-14(16,17)10-20-6-5-13(9-20)19-8-12-3-1-11(7-18)2-4-12/h1-4,13,19H,5-6,8-10H2. The topological polar surface area (TPSA) is 39.1 Å². The first-order valence-corrected chi connectivity index (χ1v) is 6.48. The maximum atomic E-state index is 12.3. The second-order valence-electron chi connectivity index (χ2n) is 5.03. The van der Waals surface area contributed by atoms with Gasteiger partial charge in [-0.1, -0.05) is 12.1 Å². The molecule has 1 saturated heterocycles. The molecule has 1 heterocycles. The molecule has 3 nitrogen and oxygen atoms in total. The van der Waals surface area contributed by atoms with Gasteiger partial charge < -0.3 is 5.32 Å². The summed E-state index contributed by atoms with van der Waals surface area (Å²) in [4.78, 5) is 1.43. The molecule has 2 rings (SSSR count). The Morgan fingerprint density at radius 1 is 1.30 bits per heavy atom. The number of halogens is 3. The van der Waals surface area contributed by atoms with Gasteiger partial charge in [0.25, 0.3) is 0 Å². The van der Waals surface area contributed by atoms with Crippen LogP contribution in [0.1, 0.15) is 17.5 Å². The molecule has 1 aliphatic heterocycles. The van der Waals surface area contributed by atoms with Gasteiger partial charge in [0.2, 0.25) is 0 Å². The van der Waals surface area contributed by atoms with Gasteiger partial charge >= 0.3 is 6.18 Å². The van der Waals surface area contributed by atoms with Crippen LogP contribution in [0.3, 0.4) is 0 Å². The molecule has 0 spiro atoms. The van der Waals surface area contributed by atoms with Crippen LogP contribution >= 0.6 is 0 Å². The number of hydrogen-bond donors (Lipinski definition) is 1. The van der Waals surface area contributed by atoms with E-state index in [4.69, 9.17) is 5.26 Å². The Balaban J connectivity index is 1.76. The zero-order valence-corrected chi connectivity index (χ0v) is 11.0. The fourth-order valence-electron chi connectivity index (χ4n) is 2.36. The third-order valence-corrected chi connectivity index (χ3v) is 3.35. The fraction of sp³-hybridized carbons (Fsp3) is 0.500. The monoisotopic (exact) mass is 283 g/mol. The lowest BCUT2D eigenvalue weighted by Gasteiger charge is -2.18. The van der Waals surface area contributed by atoms with Crippen molar-refractivity contribution in [3.8, 4) is 6.07 Å². The van der Waals surface area contributed by atoms with Gasteiger partial charge in [0.15, 0.2) is 0 Å². The van der Waals surface area contributed by atoms with Gasteiger partial charge in [-0.2, -0.15) is 18.4 Å². The molecule has 0 saturated carbocycles. The van der Waals surface area contributed by atoms with Crippen molar-refractivity contribution in [1.82, 2.24) is 10.2 Å². The Morgan fingerprint density at radius 2 is 2.00 bits per heavy atom. The molecule has 0 bridgehead atoms. The van der Waals surface area contributed by atoms with Crippen LogP contribution in [-0.4, -0.2) is 36.8 Å². The lowest BCUT2D eigenvalue weighted by Crippen LogP contribution is -2.36. The molecule has 1 aliphatic rings. The maximum Gasteiger partial charge on any atom is 0.401 e. The smallest absolute Gasteiger partial charge is 0.309 e. The first kappa shape index (κ1) is 14.8. The number of likely N-dealkylation sites (tertiary alicyclic amines) is 1. The molecule has 1 unspecified atom stereocenters. The van der Waals surface area contributed by atoms with Gasteiger partial charge in [-0.25, -0.2) is 0 Å². The molecule has 1 aromatic rings. The van der Waals surface area contributed by atoms with Crippen LogP contribution in [-0.2, 0) is 6.54 Å². The van der Waals surface area contributed by atoms with Crippen LogP contribution in [0.5, 0.6) is 0 Å². The molecule has 0 radical (unpaired) electrons. The highest BCUT2D eigenvalue weighted by Gasteiger charge is 2.34. The van der Waals surface area contributed by atoms with E-state index in [-0.39, 0.29) is 6.04 Å². The third-order valence-electron chi connectivity index (χ3n) is 3.35. The summed E-state index contributed by atoms with van der Waals surface area (Å²) in [5, 5.41) is 11.9. The quantitative estimate of drug-likeness (QED) is 0.921. The highest BCUT2D eigenvalue weighted by atomic mass is 19.4. The van der Waals surface area contributed by atoms with Crippen LogP contribution in [0, 0.1) is 11.3 Å². The normalized spacial score (nSPS) is 20.0. The first-order valence-electron chi connectivity index (χ1n) is 6.48. The van der Waals surface area contributed by atoms with Gasteiger partial charge in [-0.15, -0.1) is 0 Å². The Morgan fingerprint density at radius 3 is 2.60 bits per heavy atom. The number of nitrogens with zero attached hydrogens (tertiary/aromatic N) is 2. The average Bonchev–Trinajstić information content (AvgIpc) is 2.82. The van der Waals surface area contributed by atoms with Crippen LogP contribution in [0.4, 0.5) is 13.2 Å². The highest BCUT2D eigenvalue weighted by Crippen LogP contribution is 2.20. The van der Waals surface area contributed by atoms with Crippen molar-refractivity contribution in [1.29, 1.82) is 5.26 Å². The average molecular weight is 283 g/mol. The zero-order chi connectivity index (χ0) is 14.6. The summed E-state index contributed by atoms with van der Waals surface area (Å²) in [5.41, 5.74) is 1.63. The molecular formula is C14H16F3N3. The SMILES string of the molecule is N#Cc1ccc(CNC2CCN(CC(F)(F)F)C2)cc1. The van der Waals surface area contributed by atoms with Crippen molar-refractivity contribution >= 4 is 0 Å². The minimum atomic E-state index is -4.12. The van der Waals surface area contributed by atoms with Crippen LogP contribution < -0.4 is 5.32 Å². The van der Waals surface area contributed by atoms with Gasteiger partial charge in [0, 0.05) is 25.7 Å². The summed E-state index contributed by atoms with van der Waals surface area (Å²) in [7, 11) is 0. The number of nitriles is 1. The van der Waals surface area contributed by atoms with Gasteiger partial charge in [0.1, 0.15) is 0 Å². The summed E-state index contributed by atoms with van der Waals surface area (Å²) in [6.07, 6.45) is -3.39. The largest absolute Gasteiger partial charge is 0.401 e. The van der Waals surface area contributed by atoms with E-state index in [9.17, 15) is 13.2 Å². The maximum absolute atomic E-state index is 12.3. The van der Waals surface area contributed by atoms with Crippen molar-refractivity contribution in [3.05, 3.63) is 35.4 Å². The van der Waals surface area contributed by atoms with Crippen molar-refractivity contribution in [3.63, 3.8) is 0 Å². The van der Waals surface area contributed by atoms with E-state index >= 15 is 0 Å². The Hall–Kier alpha value is -1.58. The lowest BCUT2D eigenvalue weighted by atomic mass is 10.1. The summed E-state index contributed by atoms with van der Waals surface area (Å²) >= 11 is 0. The second kappa shape index (κ2) is 6.25. The molecule has 1 N–H and O–H groups in total. The lowest BCUT2D eigenvalue weighted by molar-refractivity contribution is -0.143. The van der Waals surface area contributed by atoms with E-state index in [1.807, 2.05) is 18.2 Å². The van der Waals surface area contributed by atoms with E-state index in [1.165, 1.54) is 4.90 Å². The van der Waals surface area contributed by atoms with Crippen molar-refractivity contribution < 1.29 is 13.2 Å². The molecule has 108 valence electrons. The van der Waals surface area contributed by atoms with Gasteiger partial charge in [-0.05, 0) is 24.1 Å². The predicted octanol–water partition coefficient (Wildman–Crippen LogP) is 2.28. The van der Waals surface area contributed by atoms with E-state index in [0.29, 0.717) is 25.2 Å². The first-order chi connectivity index (χ1) is 9.46. The highest BCUT2D eigenvalue weighted by molar-refractivity contribution is 5.31. The Bertz CT molecular complexity index is 476. The minimum absolute atomic E-state index is 0.0907. The molecule has 20 heavy (non-hydrogen) atoms. The van der Waals surface area contributed by atoms with Gasteiger partial charge in [0.05, 0.1) is 18.2 Å². The molecule has 0 aromatic heterocycles. The summed E-state index contributed by atoms with van der Waals surface area (Å²) in [6, 6.07) is 9.32. The van der Waals surface area contributed by atoms with Crippen LogP contribution in [0.2, 0.25) is 0 Å². The minimum Gasteiger partial charge on any atom is -0.309 e. The third kappa shape index (κ3) is 4.51. The number of nitrogens with one attached hydrogen (secondary N) is 1. The van der Waals surface area contributed by atoms with Crippen molar-refractivity contribution in [2.45, 2.75) is 25.2 Å². The molecule has 1 atom stereocenters. The van der Waals surface area contributed by atoms with Crippen LogP contribution in [0.25, 0.3) is 0 Å². The Labute approximate surface area is 116 Å². The summed E-state index contributed by atoms with van der Waals surface area (Å²) in [5.74, 6) is 0. The summed E-state index contributed by atoms with van der Waals surface area (Å²) < 4.78 is 36.8. The fourth-order valence-corrected chi connectivity index (χ4v) is 2.36. The summed E-state index contributed by atoms with van der Waals surface area (Å²) in [6.45, 7) is 0.679. The second-order valence-corrected chi connectivity index (χ2v) is 5.03. The number of alkyl halides is 3. The van der Waals surface area contributed by atoms with E-state index < -0.39 is 12.7 Å². The number of rotatable bonds is 4. The predicted molar refractivity (Wildman–Crippen MR) is 68.9 cm³/mol. The zero-order valence-electron chi connectivity index (χ0n) is 11.0. The molecule has 6 heteroatoms. The molecule has 0 amide bonds. The molecule has 0 aliphatic carbocycles. The molecule has 1 fully saturated rings. The van der Waals surface area contributed by atoms with Crippen LogP contribution in [0.15, 0.2) is 24.3 Å². The Kier molecular flexibility index (Phi) is 4.63. The van der Waals surface area contributed by atoms with E-state index in [2.05, 4.69) is 5.32 Å². The number of benzene rings is 1. The number of hydrogen-bond acceptors (Lipinski definition) is 3. The van der Waals surface area contributed by atoms with E-state index in [1.54, 1.807) is 12.1 Å². The molecule has 1 aromatic carbocycles. The molecular weight excluding hydrogens is 267 g/mol. The van der Waals surface area contributed by atoms with Gasteiger partial charge in [-0.3, -0.25) is 4.90 Å². The van der Waals surface area contributed by atoms with E-state index in [0.717, 1.165) is 12.0 Å². The van der Waals surface area contributed by atoms with Crippen molar-refractivity contribution in [2.75, 3.05) is 19.6 Å². The van der Waals surface area contributed by atoms with Crippen molar-refractivity contribution in [2.24, 2.45) is 0 Å².